The summed E-state index contributed by atoms with van der Waals surface area (Å²) in [7, 11) is 3.51. The quantitative estimate of drug-likeness (QED) is 0.852. The van der Waals surface area contributed by atoms with E-state index in [0.29, 0.717) is 11.6 Å². The summed E-state index contributed by atoms with van der Waals surface area (Å²) in [5.41, 5.74) is 2.25. The van der Waals surface area contributed by atoms with Gasteiger partial charge in [0, 0.05) is 18.5 Å². The van der Waals surface area contributed by atoms with E-state index in [-0.39, 0.29) is 5.91 Å². The lowest BCUT2D eigenvalue weighted by Crippen LogP contribution is -2.28. The van der Waals surface area contributed by atoms with Gasteiger partial charge in [0.1, 0.15) is 5.75 Å². The van der Waals surface area contributed by atoms with E-state index in [1.807, 2.05) is 31.3 Å². The third-order valence-electron chi connectivity index (χ3n) is 4.03. The van der Waals surface area contributed by atoms with Gasteiger partial charge in [0.2, 0.25) is 0 Å². The van der Waals surface area contributed by atoms with Gasteiger partial charge in [-0.25, -0.2) is 4.98 Å². The van der Waals surface area contributed by atoms with Crippen LogP contribution in [0.25, 0.3) is 0 Å². The second-order valence-electron chi connectivity index (χ2n) is 5.53. The van der Waals surface area contributed by atoms with E-state index in [1.54, 1.807) is 23.3 Å². The van der Waals surface area contributed by atoms with Crippen molar-refractivity contribution in [3.63, 3.8) is 0 Å². The lowest BCUT2D eigenvalue weighted by atomic mass is 10.1. The van der Waals surface area contributed by atoms with Gasteiger partial charge >= 0.3 is 0 Å². The highest BCUT2D eigenvalue weighted by Crippen LogP contribution is 2.28. The predicted octanol–water partition coefficient (Wildman–Crippen LogP) is 2.96. The molecule has 22 heavy (non-hydrogen) atoms. The molecule has 0 N–H and O–H groups in total. The highest BCUT2D eigenvalue weighted by molar-refractivity contribution is 7.13. The molecule has 0 aliphatic heterocycles. The van der Waals surface area contributed by atoms with E-state index in [0.717, 1.165) is 36.3 Å². The zero-order valence-corrected chi connectivity index (χ0v) is 13.8. The van der Waals surface area contributed by atoms with Crippen LogP contribution < -0.4 is 4.74 Å². The van der Waals surface area contributed by atoms with Crippen LogP contribution in [0.15, 0.2) is 24.3 Å². The fraction of sp³-hybridized carbons (Fsp3) is 0.412. The summed E-state index contributed by atoms with van der Waals surface area (Å²) in [6.07, 6.45) is 4.04. The molecule has 2 aromatic rings. The number of nitrogens with zero attached hydrogens (tertiary/aromatic N) is 2. The summed E-state index contributed by atoms with van der Waals surface area (Å²) in [6, 6.07) is 7.93. The number of hydrogen-bond donors (Lipinski definition) is 0. The van der Waals surface area contributed by atoms with Gasteiger partial charge in [-0.2, -0.15) is 0 Å². The zero-order chi connectivity index (χ0) is 15.5. The van der Waals surface area contributed by atoms with E-state index in [1.165, 1.54) is 11.3 Å². The number of para-hydroxylation sites is 1. The van der Waals surface area contributed by atoms with Crippen LogP contribution in [0.3, 0.4) is 0 Å². The summed E-state index contributed by atoms with van der Waals surface area (Å²) < 4.78 is 5.35. The van der Waals surface area contributed by atoms with Crippen LogP contribution in [0.2, 0.25) is 0 Å². The van der Waals surface area contributed by atoms with Crippen LogP contribution in [0.4, 0.5) is 0 Å². The Bertz CT molecular complexity index is 660. The topological polar surface area (TPSA) is 42.4 Å². The summed E-state index contributed by atoms with van der Waals surface area (Å²) in [5, 5.41) is 0.632. The number of thiazole rings is 1. The Hall–Kier alpha value is -1.88. The first-order chi connectivity index (χ1) is 10.7. The number of likely N-dealkylation sites (N-methyl/N-ethyl adjacent to an activating group) is 1. The maximum Gasteiger partial charge on any atom is 0.282 e. The van der Waals surface area contributed by atoms with Crippen LogP contribution in [0.5, 0.6) is 5.75 Å². The molecule has 0 fully saturated rings. The molecule has 116 valence electrons. The predicted molar refractivity (Wildman–Crippen MR) is 87.8 cm³/mol. The molecule has 0 atom stereocenters. The van der Waals surface area contributed by atoms with Crippen LogP contribution in [0, 0.1) is 0 Å². The maximum atomic E-state index is 12.5. The first-order valence-corrected chi connectivity index (χ1v) is 8.36. The van der Waals surface area contributed by atoms with Crippen molar-refractivity contribution < 1.29 is 9.53 Å². The molecule has 5 heteroatoms. The standard InChI is InChI=1S/C17H20N2O2S/c1-19(11-10-12-6-3-4-8-14(12)21-2)17(20)16-18-13-7-5-9-15(13)22-16/h3-4,6,8H,5,7,9-11H2,1-2H3. The summed E-state index contributed by atoms with van der Waals surface area (Å²) in [6.45, 7) is 0.656. The second-order valence-corrected chi connectivity index (χ2v) is 6.61. The average molecular weight is 316 g/mol. The lowest BCUT2D eigenvalue weighted by molar-refractivity contribution is 0.0795. The Labute approximate surface area is 134 Å². The number of benzene rings is 1. The Kier molecular flexibility index (Phi) is 4.43. The number of aryl methyl sites for hydroxylation is 2. The van der Waals surface area contributed by atoms with Gasteiger partial charge < -0.3 is 9.64 Å². The minimum absolute atomic E-state index is 0.0225. The van der Waals surface area contributed by atoms with E-state index in [4.69, 9.17) is 4.74 Å². The molecule has 1 aliphatic rings. The molecule has 0 spiro atoms. The minimum Gasteiger partial charge on any atom is -0.496 e. The zero-order valence-electron chi connectivity index (χ0n) is 13.0. The Morgan fingerprint density at radius 2 is 2.18 bits per heavy atom. The highest BCUT2D eigenvalue weighted by atomic mass is 32.1. The number of carbonyl (C=O) groups is 1. The van der Waals surface area contributed by atoms with Crippen LogP contribution >= 0.6 is 11.3 Å². The molecule has 3 rings (SSSR count). The van der Waals surface area contributed by atoms with Gasteiger partial charge in [-0.3, -0.25) is 4.79 Å². The van der Waals surface area contributed by atoms with Crippen LogP contribution in [-0.2, 0) is 19.3 Å². The Balaban J connectivity index is 1.63. The Morgan fingerprint density at radius 1 is 1.36 bits per heavy atom. The van der Waals surface area contributed by atoms with Gasteiger partial charge in [0.15, 0.2) is 5.01 Å². The third kappa shape index (κ3) is 2.99. The van der Waals surface area contributed by atoms with Crippen molar-refractivity contribution in [1.29, 1.82) is 0 Å². The van der Waals surface area contributed by atoms with Gasteiger partial charge in [0.05, 0.1) is 12.8 Å². The molecule has 0 bridgehead atoms. The van der Waals surface area contributed by atoms with Crippen LogP contribution in [-0.4, -0.2) is 36.5 Å². The molecule has 1 aromatic heterocycles. The summed E-state index contributed by atoms with van der Waals surface area (Å²) >= 11 is 1.56. The first-order valence-electron chi connectivity index (χ1n) is 7.55. The minimum atomic E-state index is 0.0225. The Morgan fingerprint density at radius 3 is 2.95 bits per heavy atom. The van der Waals surface area contributed by atoms with Gasteiger partial charge in [-0.15, -0.1) is 11.3 Å². The monoisotopic (exact) mass is 316 g/mol. The molecular formula is C17H20N2O2S. The molecule has 1 aliphatic carbocycles. The molecule has 1 aromatic carbocycles. The smallest absolute Gasteiger partial charge is 0.282 e. The maximum absolute atomic E-state index is 12.5. The fourth-order valence-electron chi connectivity index (χ4n) is 2.74. The number of fused-ring (bicyclic) bond motifs is 1. The molecule has 0 unspecified atom stereocenters. The summed E-state index contributed by atoms with van der Waals surface area (Å²) in [4.78, 5) is 20.0. The molecule has 0 saturated carbocycles. The van der Waals surface area contributed by atoms with E-state index in [9.17, 15) is 4.79 Å². The summed E-state index contributed by atoms with van der Waals surface area (Å²) in [5.74, 6) is 0.894. The normalized spacial score (nSPS) is 13.0. The third-order valence-corrected chi connectivity index (χ3v) is 5.18. The lowest BCUT2D eigenvalue weighted by Gasteiger charge is -2.16. The van der Waals surface area contributed by atoms with E-state index >= 15 is 0 Å². The fourth-order valence-corrected chi connectivity index (χ4v) is 3.89. The molecule has 1 amide bonds. The number of hydrogen-bond acceptors (Lipinski definition) is 4. The van der Waals surface area contributed by atoms with Gasteiger partial charge in [0.25, 0.3) is 5.91 Å². The van der Waals surface area contributed by atoms with E-state index < -0.39 is 0 Å². The van der Waals surface area contributed by atoms with Crippen molar-refractivity contribution in [3.05, 3.63) is 45.4 Å². The number of ether oxygens (including phenoxy) is 1. The van der Waals surface area contributed by atoms with Crippen molar-refractivity contribution in [1.82, 2.24) is 9.88 Å². The van der Waals surface area contributed by atoms with Gasteiger partial charge in [-0.05, 0) is 37.3 Å². The number of carbonyl (C=O) groups excluding carboxylic acids is 1. The molecule has 1 heterocycles. The number of aromatic nitrogens is 1. The van der Waals surface area contributed by atoms with Crippen molar-refractivity contribution in [2.45, 2.75) is 25.7 Å². The molecule has 4 nitrogen and oxygen atoms in total. The van der Waals surface area contributed by atoms with E-state index in [2.05, 4.69) is 4.98 Å². The number of methoxy groups -OCH3 is 1. The highest BCUT2D eigenvalue weighted by Gasteiger charge is 2.22. The van der Waals surface area contributed by atoms with Crippen molar-refractivity contribution in [2.24, 2.45) is 0 Å². The number of rotatable bonds is 5. The largest absolute Gasteiger partial charge is 0.496 e. The average Bonchev–Trinajstić information content (AvgIpc) is 3.13. The SMILES string of the molecule is COc1ccccc1CCN(C)C(=O)c1nc2c(s1)CCC2. The van der Waals surface area contributed by atoms with Gasteiger partial charge in [-0.1, -0.05) is 18.2 Å². The van der Waals surface area contributed by atoms with Crippen molar-refractivity contribution in [3.8, 4) is 5.75 Å². The first kappa shape index (κ1) is 15.0. The van der Waals surface area contributed by atoms with Crippen molar-refractivity contribution >= 4 is 17.2 Å². The molecular weight excluding hydrogens is 296 g/mol. The van der Waals surface area contributed by atoms with Crippen molar-refractivity contribution in [2.75, 3.05) is 20.7 Å². The van der Waals surface area contributed by atoms with Crippen LogP contribution in [0.1, 0.15) is 32.4 Å². The molecule has 0 radical (unpaired) electrons. The number of amides is 1. The second kappa shape index (κ2) is 6.48. The molecule has 0 saturated heterocycles.